The minimum absolute atomic E-state index is 0. The molecule has 1 heterocycles. The number of carbonyl (C=O) groups is 1. The van der Waals surface area contributed by atoms with Crippen molar-refractivity contribution in [2.24, 2.45) is 0 Å². The highest BCUT2D eigenvalue weighted by atomic mass is 35.5. The second-order valence-electron chi connectivity index (χ2n) is 3.52. The molecule has 0 aromatic rings. The van der Waals surface area contributed by atoms with Gasteiger partial charge in [0.25, 0.3) is 0 Å². The average molecular weight is 203 g/mol. The molecule has 1 saturated carbocycles. The van der Waals surface area contributed by atoms with Crippen LogP contribution in [0.2, 0.25) is 0 Å². The standard InChI is InChI=1S/C9H14N2O.ClH/c12-9(4-7-2-1-3-7)11-8-5-10-6-8;/h4,8,10H,1-3,5-6H2,(H,11,12);1H. The van der Waals surface area contributed by atoms with Crippen LogP contribution in [0.25, 0.3) is 0 Å². The molecule has 0 aromatic heterocycles. The summed E-state index contributed by atoms with van der Waals surface area (Å²) in [5.41, 5.74) is 1.31. The number of allylic oxidation sites excluding steroid dienone is 1. The summed E-state index contributed by atoms with van der Waals surface area (Å²) in [6, 6.07) is 0.370. The van der Waals surface area contributed by atoms with Crippen LogP contribution in [-0.4, -0.2) is 25.0 Å². The fourth-order valence-corrected chi connectivity index (χ4v) is 1.34. The Morgan fingerprint density at radius 1 is 1.46 bits per heavy atom. The SMILES string of the molecule is Cl.O=C(C=C1CCC1)NC1CNC1. The molecule has 0 radical (unpaired) electrons. The molecule has 1 amide bonds. The Bertz CT molecular complexity index is 218. The van der Waals surface area contributed by atoms with E-state index in [2.05, 4.69) is 10.6 Å². The van der Waals surface area contributed by atoms with Gasteiger partial charge in [0.05, 0.1) is 6.04 Å². The number of carbonyl (C=O) groups excluding carboxylic acids is 1. The van der Waals surface area contributed by atoms with Gasteiger partial charge in [-0.05, 0) is 19.3 Å². The summed E-state index contributed by atoms with van der Waals surface area (Å²) in [6.07, 6.45) is 5.26. The quantitative estimate of drug-likeness (QED) is 0.645. The zero-order chi connectivity index (χ0) is 8.39. The molecule has 0 atom stereocenters. The Hall–Kier alpha value is -0.540. The molecule has 0 spiro atoms. The number of hydrogen-bond acceptors (Lipinski definition) is 2. The molecule has 1 aliphatic carbocycles. The second-order valence-corrected chi connectivity index (χ2v) is 3.52. The molecule has 2 N–H and O–H groups in total. The predicted molar refractivity (Wildman–Crippen MR) is 54.0 cm³/mol. The number of hydrogen-bond donors (Lipinski definition) is 2. The van der Waals surface area contributed by atoms with Crippen LogP contribution in [-0.2, 0) is 4.79 Å². The van der Waals surface area contributed by atoms with Crippen molar-refractivity contribution in [1.82, 2.24) is 10.6 Å². The van der Waals surface area contributed by atoms with Crippen molar-refractivity contribution >= 4 is 18.3 Å². The topological polar surface area (TPSA) is 41.1 Å². The third-order valence-corrected chi connectivity index (χ3v) is 2.46. The highest BCUT2D eigenvalue weighted by Crippen LogP contribution is 2.24. The van der Waals surface area contributed by atoms with Crippen LogP contribution in [0.15, 0.2) is 11.6 Å². The van der Waals surface area contributed by atoms with Gasteiger partial charge >= 0.3 is 0 Å². The van der Waals surface area contributed by atoms with Gasteiger partial charge in [-0.3, -0.25) is 4.79 Å². The summed E-state index contributed by atoms with van der Waals surface area (Å²) in [5.74, 6) is 0.0937. The summed E-state index contributed by atoms with van der Waals surface area (Å²) in [4.78, 5) is 11.2. The Morgan fingerprint density at radius 3 is 2.54 bits per heavy atom. The molecular formula is C9H15ClN2O. The molecule has 2 fully saturated rings. The first-order valence-corrected chi connectivity index (χ1v) is 4.55. The zero-order valence-electron chi connectivity index (χ0n) is 7.51. The fourth-order valence-electron chi connectivity index (χ4n) is 1.34. The van der Waals surface area contributed by atoms with Crippen molar-refractivity contribution in [3.8, 4) is 0 Å². The predicted octanol–water partition coefficient (Wildman–Crippen LogP) is 0.607. The van der Waals surface area contributed by atoms with Crippen LogP contribution in [0.3, 0.4) is 0 Å². The minimum Gasteiger partial charge on any atom is -0.347 e. The minimum atomic E-state index is 0. The molecule has 0 unspecified atom stereocenters. The Morgan fingerprint density at radius 2 is 2.15 bits per heavy atom. The van der Waals surface area contributed by atoms with Crippen LogP contribution in [0.5, 0.6) is 0 Å². The lowest BCUT2D eigenvalue weighted by Crippen LogP contribution is -2.56. The first kappa shape index (κ1) is 10.5. The third kappa shape index (κ3) is 2.71. The van der Waals surface area contributed by atoms with Crippen LogP contribution in [0, 0.1) is 0 Å². The van der Waals surface area contributed by atoms with Crippen molar-refractivity contribution < 1.29 is 4.79 Å². The highest BCUT2D eigenvalue weighted by molar-refractivity contribution is 5.88. The molecule has 4 heteroatoms. The molecule has 13 heavy (non-hydrogen) atoms. The lowest BCUT2D eigenvalue weighted by Gasteiger charge is -2.27. The van der Waals surface area contributed by atoms with Gasteiger partial charge in [0.1, 0.15) is 0 Å². The van der Waals surface area contributed by atoms with E-state index in [4.69, 9.17) is 0 Å². The number of amides is 1. The van der Waals surface area contributed by atoms with Crippen molar-refractivity contribution in [2.75, 3.05) is 13.1 Å². The molecule has 2 aliphatic rings. The molecule has 1 aliphatic heterocycles. The fraction of sp³-hybridized carbons (Fsp3) is 0.667. The number of nitrogens with one attached hydrogen (secondary N) is 2. The van der Waals surface area contributed by atoms with Gasteiger partial charge in [0.15, 0.2) is 0 Å². The van der Waals surface area contributed by atoms with E-state index in [1.54, 1.807) is 6.08 Å². The number of halogens is 1. The first-order chi connectivity index (χ1) is 5.84. The third-order valence-electron chi connectivity index (χ3n) is 2.46. The summed E-state index contributed by atoms with van der Waals surface area (Å²) in [5, 5.41) is 6.05. The van der Waals surface area contributed by atoms with E-state index in [-0.39, 0.29) is 18.3 Å². The maximum absolute atomic E-state index is 11.2. The van der Waals surface area contributed by atoms with E-state index in [0.29, 0.717) is 6.04 Å². The van der Waals surface area contributed by atoms with Crippen molar-refractivity contribution in [2.45, 2.75) is 25.3 Å². The van der Waals surface area contributed by atoms with Gasteiger partial charge < -0.3 is 10.6 Å². The maximum atomic E-state index is 11.2. The monoisotopic (exact) mass is 202 g/mol. The second kappa shape index (κ2) is 4.63. The molecule has 0 bridgehead atoms. The molecule has 2 rings (SSSR count). The van der Waals surface area contributed by atoms with Crippen LogP contribution in [0.1, 0.15) is 19.3 Å². The Kier molecular flexibility index (Phi) is 3.75. The van der Waals surface area contributed by atoms with E-state index in [1.807, 2.05) is 0 Å². The lowest BCUT2D eigenvalue weighted by molar-refractivity contribution is -0.117. The van der Waals surface area contributed by atoms with Gasteiger partial charge in [0.2, 0.25) is 5.91 Å². The molecule has 3 nitrogen and oxygen atoms in total. The highest BCUT2D eigenvalue weighted by Gasteiger charge is 2.18. The number of rotatable bonds is 2. The van der Waals surface area contributed by atoms with Crippen LogP contribution in [0.4, 0.5) is 0 Å². The normalized spacial score (nSPS) is 20.8. The lowest BCUT2D eigenvalue weighted by atomic mass is 9.92. The van der Waals surface area contributed by atoms with Crippen molar-refractivity contribution in [3.05, 3.63) is 11.6 Å². The van der Waals surface area contributed by atoms with Gasteiger partial charge in [-0.25, -0.2) is 0 Å². The van der Waals surface area contributed by atoms with E-state index in [1.165, 1.54) is 12.0 Å². The summed E-state index contributed by atoms with van der Waals surface area (Å²) < 4.78 is 0. The van der Waals surface area contributed by atoms with Gasteiger partial charge in [-0.15, -0.1) is 12.4 Å². The molecule has 0 aromatic carbocycles. The maximum Gasteiger partial charge on any atom is 0.244 e. The molecule has 74 valence electrons. The molecular weight excluding hydrogens is 188 g/mol. The Labute approximate surface area is 84.4 Å². The van der Waals surface area contributed by atoms with E-state index in [0.717, 1.165) is 25.9 Å². The first-order valence-electron chi connectivity index (χ1n) is 4.55. The Balaban J connectivity index is 0.000000845. The van der Waals surface area contributed by atoms with Crippen molar-refractivity contribution in [3.63, 3.8) is 0 Å². The summed E-state index contributed by atoms with van der Waals surface area (Å²) in [6.45, 7) is 1.85. The summed E-state index contributed by atoms with van der Waals surface area (Å²) in [7, 11) is 0. The molecule has 1 saturated heterocycles. The van der Waals surface area contributed by atoms with E-state index in [9.17, 15) is 4.79 Å². The smallest absolute Gasteiger partial charge is 0.244 e. The average Bonchev–Trinajstić information content (AvgIpc) is 1.89. The van der Waals surface area contributed by atoms with Crippen molar-refractivity contribution in [1.29, 1.82) is 0 Å². The van der Waals surface area contributed by atoms with E-state index < -0.39 is 0 Å². The largest absolute Gasteiger partial charge is 0.347 e. The van der Waals surface area contributed by atoms with Gasteiger partial charge in [-0.1, -0.05) is 5.57 Å². The van der Waals surface area contributed by atoms with Gasteiger partial charge in [-0.2, -0.15) is 0 Å². The van der Waals surface area contributed by atoms with Crippen LogP contribution >= 0.6 is 12.4 Å². The summed E-state index contributed by atoms with van der Waals surface area (Å²) >= 11 is 0. The van der Waals surface area contributed by atoms with Crippen LogP contribution < -0.4 is 10.6 Å². The van der Waals surface area contributed by atoms with Gasteiger partial charge in [0, 0.05) is 19.2 Å². The van der Waals surface area contributed by atoms with E-state index >= 15 is 0 Å². The zero-order valence-corrected chi connectivity index (χ0v) is 8.32.